The van der Waals surface area contributed by atoms with Gasteiger partial charge in [0.05, 0.1) is 0 Å². The van der Waals surface area contributed by atoms with Gasteiger partial charge in [-0.1, -0.05) is 0 Å². The lowest BCUT2D eigenvalue weighted by molar-refractivity contribution is -0.126. The van der Waals surface area contributed by atoms with Gasteiger partial charge in [0, 0.05) is 12.1 Å². The van der Waals surface area contributed by atoms with E-state index >= 15 is 0 Å². The first-order valence-corrected chi connectivity index (χ1v) is 6.81. The van der Waals surface area contributed by atoms with Gasteiger partial charge in [0.15, 0.2) is 0 Å². The molecule has 19 heavy (non-hydrogen) atoms. The molecule has 0 aromatic carbocycles. The second-order valence-corrected chi connectivity index (χ2v) is 7.07. The molecule has 1 fully saturated rings. The summed E-state index contributed by atoms with van der Waals surface area (Å²) in [4.78, 5) is 25.8. The van der Waals surface area contributed by atoms with Gasteiger partial charge in [-0.2, -0.15) is 0 Å². The van der Waals surface area contributed by atoms with Crippen molar-refractivity contribution in [3.8, 4) is 0 Å². The number of carbonyl (C=O) groups excluding carboxylic acids is 2. The highest BCUT2D eigenvalue weighted by molar-refractivity contribution is 5.86. The fourth-order valence-electron chi connectivity index (χ4n) is 2.03. The molecule has 1 atom stereocenters. The Bertz CT molecular complexity index is 319. The highest BCUT2D eigenvalue weighted by Crippen LogP contribution is 2.21. The monoisotopic (exact) mass is 270 g/mol. The maximum Gasteiger partial charge on any atom is 0.410 e. The number of hydrogen-bond acceptors (Lipinski definition) is 3. The molecular weight excluding hydrogens is 244 g/mol. The van der Waals surface area contributed by atoms with Crippen LogP contribution in [-0.2, 0) is 9.53 Å². The predicted molar refractivity (Wildman–Crippen MR) is 73.9 cm³/mol. The fourth-order valence-corrected chi connectivity index (χ4v) is 2.03. The molecule has 0 spiro atoms. The van der Waals surface area contributed by atoms with Crippen LogP contribution in [0.25, 0.3) is 0 Å². The molecule has 0 saturated carbocycles. The number of carbonyl (C=O) groups is 2. The molecule has 1 aliphatic heterocycles. The van der Waals surface area contributed by atoms with E-state index < -0.39 is 17.7 Å². The Morgan fingerprint density at radius 3 is 2.21 bits per heavy atom. The first-order valence-electron chi connectivity index (χ1n) is 6.81. The van der Waals surface area contributed by atoms with Crippen molar-refractivity contribution < 1.29 is 14.3 Å². The average molecular weight is 270 g/mol. The molecule has 0 aliphatic carbocycles. The van der Waals surface area contributed by atoms with E-state index in [1.165, 1.54) is 4.90 Å². The minimum Gasteiger partial charge on any atom is -0.444 e. The molecule has 0 aromatic heterocycles. The first-order chi connectivity index (χ1) is 8.49. The Kier molecular flexibility index (Phi) is 4.48. The zero-order chi connectivity index (χ0) is 14.8. The molecule has 1 rings (SSSR count). The Labute approximate surface area is 115 Å². The summed E-state index contributed by atoms with van der Waals surface area (Å²) in [5.74, 6) is -0.101. The Morgan fingerprint density at radius 2 is 1.74 bits per heavy atom. The van der Waals surface area contributed by atoms with E-state index in [0.29, 0.717) is 13.0 Å². The summed E-state index contributed by atoms with van der Waals surface area (Å²) in [7, 11) is 0. The fraction of sp³-hybridized carbons (Fsp3) is 0.857. The van der Waals surface area contributed by atoms with Crippen LogP contribution in [0.4, 0.5) is 4.79 Å². The molecule has 110 valence electrons. The number of amides is 2. The second kappa shape index (κ2) is 5.39. The molecular formula is C14H26N2O3. The number of likely N-dealkylation sites (tertiary alicyclic amines) is 1. The third-order valence-corrected chi connectivity index (χ3v) is 2.68. The third kappa shape index (κ3) is 5.09. The lowest BCUT2D eigenvalue weighted by Crippen LogP contribution is -2.52. The van der Waals surface area contributed by atoms with Gasteiger partial charge in [0.2, 0.25) is 5.91 Å². The van der Waals surface area contributed by atoms with E-state index in [4.69, 9.17) is 4.74 Å². The highest BCUT2D eigenvalue weighted by Gasteiger charge is 2.37. The molecule has 0 bridgehead atoms. The van der Waals surface area contributed by atoms with Gasteiger partial charge in [0.25, 0.3) is 0 Å². The number of nitrogens with one attached hydrogen (secondary N) is 1. The van der Waals surface area contributed by atoms with E-state index in [1.54, 1.807) is 0 Å². The van der Waals surface area contributed by atoms with Crippen molar-refractivity contribution in [3.63, 3.8) is 0 Å². The molecule has 0 radical (unpaired) electrons. The van der Waals surface area contributed by atoms with Crippen LogP contribution in [0.3, 0.4) is 0 Å². The van der Waals surface area contributed by atoms with Crippen molar-refractivity contribution in [1.82, 2.24) is 10.2 Å². The Morgan fingerprint density at radius 1 is 1.16 bits per heavy atom. The minimum absolute atomic E-state index is 0.101. The van der Waals surface area contributed by atoms with Crippen molar-refractivity contribution in [1.29, 1.82) is 0 Å². The summed E-state index contributed by atoms with van der Waals surface area (Å²) >= 11 is 0. The molecule has 0 aromatic rings. The van der Waals surface area contributed by atoms with Gasteiger partial charge >= 0.3 is 6.09 Å². The van der Waals surface area contributed by atoms with Gasteiger partial charge < -0.3 is 10.1 Å². The highest BCUT2D eigenvalue weighted by atomic mass is 16.6. The molecule has 1 heterocycles. The van der Waals surface area contributed by atoms with Crippen molar-refractivity contribution in [2.45, 2.75) is 71.6 Å². The number of ether oxygens (including phenoxy) is 1. The average Bonchev–Trinajstić information content (AvgIpc) is 2.59. The van der Waals surface area contributed by atoms with Crippen LogP contribution in [-0.4, -0.2) is 40.6 Å². The van der Waals surface area contributed by atoms with Crippen LogP contribution in [0.2, 0.25) is 0 Å². The SMILES string of the molecule is CC(C)(C)NC(=O)[C@H]1CCCN1C(=O)OC(C)(C)C. The van der Waals surface area contributed by atoms with Crippen LogP contribution in [0.1, 0.15) is 54.4 Å². The number of nitrogens with zero attached hydrogens (tertiary/aromatic N) is 1. The number of rotatable bonds is 1. The van der Waals surface area contributed by atoms with Crippen LogP contribution in [0, 0.1) is 0 Å². The molecule has 2 amide bonds. The first kappa shape index (κ1) is 15.8. The van der Waals surface area contributed by atoms with Crippen molar-refractivity contribution in [2.24, 2.45) is 0 Å². The van der Waals surface area contributed by atoms with Gasteiger partial charge in [-0.25, -0.2) is 4.79 Å². The van der Waals surface area contributed by atoms with Crippen LogP contribution in [0.5, 0.6) is 0 Å². The Balaban J connectivity index is 2.69. The van der Waals surface area contributed by atoms with Crippen molar-refractivity contribution in [3.05, 3.63) is 0 Å². The van der Waals surface area contributed by atoms with E-state index in [-0.39, 0.29) is 11.4 Å². The maximum absolute atomic E-state index is 12.2. The van der Waals surface area contributed by atoms with E-state index in [2.05, 4.69) is 5.32 Å². The summed E-state index contributed by atoms with van der Waals surface area (Å²) in [6.45, 7) is 11.8. The smallest absolute Gasteiger partial charge is 0.410 e. The topological polar surface area (TPSA) is 58.6 Å². The summed E-state index contributed by atoms with van der Waals surface area (Å²) in [5, 5.41) is 2.92. The van der Waals surface area contributed by atoms with E-state index in [1.807, 2.05) is 41.5 Å². The second-order valence-electron chi connectivity index (χ2n) is 7.07. The molecule has 0 unspecified atom stereocenters. The maximum atomic E-state index is 12.2. The molecule has 5 nitrogen and oxygen atoms in total. The van der Waals surface area contributed by atoms with E-state index in [0.717, 1.165) is 6.42 Å². The quantitative estimate of drug-likeness (QED) is 0.795. The van der Waals surface area contributed by atoms with Gasteiger partial charge in [-0.05, 0) is 54.4 Å². The lowest BCUT2D eigenvalue weighted by Gasteiger charge is -2.30. The van der Waals surface area contributed by atoms with Gasteiger partial charge in [0.1, 0.15) is 11.6 Å². The van der Waals surface area contributed by atoms with Gasteiger partial charge in [-0.15, -0.1) is 0 Å². The van der Waals surface area contributed by atoms with Gasteiger partial charge in [-0.3, -0.25) is 9.69 Å². The summed E-state index contributed by atoms with van der Waals surface area (Å²) < 4.78 is 5.34. The summed E-state index contributed by atoms with van der Waals surface area (Å²) in [5.41, 5.74) is -0.829. The van der Waals surface area contributed by atoms with E-state index in [9.17, 15) is 9.59 Å². The molecule has 5 heteroatoms. The predicted octanol–water partition coefficient (Wildman–Crippen LogP) is 2.30. The van der Waals surface area contributed by atoms with Crippen molar-refractivity contribution >= 4 is 12.0 Å². The summed E-state index contributed by atoms with van der Waals surface area (Å²) in [6, 6.07) is -0.408. The zero-order valence-electron chi connectivity index (χ0n) is 12.9. The standard InChI is InChI=1S/C14H26N2O3/c1-13(2,3)15-11(17)10-8-7-9-16(10)12(18)19-14(4,5)6/h10H,7-9H2,1-6H3,(H,15,17)/t10-/m1/s1. The van der Waals surface area contributed by atoms with Crippen LogP contribution < -0.4 is 5.32 Å². The minimum atomic E-state index is -0.537. The normalized spacial score (nSPS) is 20.3. The van der Waals surface area contributed by atoms with Crippen molar-refractivity contribution in [2.75, 3.05) is 6.54 Å². The molecule has 1 saturated heterocycles. The zero-order valence-corrected chi connectivity index (χ0v) is 12.9. The molecule has 1 N–H and O–H groups in total. The van der Waals surface area contributed by atoms with Crippen LogP contribution >= 0.6 is 0 Å². The Hall–Kier alpha value is -1.26. The van der Waals surface area contributed by atoms with Crippen LogP contribution in [0.15, 0.2) is 0 Å². The third-order valence-electron chi connectivity index (χ3n) is 2.68. The molecule has 1 aliphatic rings. The summed E-state index contributed by atoms with van der Waals surface area (Å²) in [6.07, 6.45) is 1.13. The number of hydrogen-bond donors (Lipinski definition) is 1. The lowest BCUT2D eigenvalue weighted by atomic mass is 10.1. The largest absolute Gasteiger partial charge is 0.444 e.